The average Bonchev–Trinajstić information content (AvgIpc) is 2.15. The Morgan fingerprint density at radius 3 is 3.40 bits per heavy atom. The van der Waals surface area contributed by atoms with Crippen molar-refractivity contribution in [3.63, 3.8) is 0 Å². The van der Waals surface area contributed by atoms with E-state index in [-0.39, 0.29) is 5.15 Å². The number of aryl methyl sites for hydroxylation is 1. The molecule has 1 rings (SSSR count). The molecule has 0 fully saturated rings. The lowest BCUT2D eigenvalue weighted by atomic mass is 10.2. The highest BCUT2D eigenvalue weighted by molar-refractivity contribution is 6.29. The van der Waals surface area contributed by atoms with E-state index in [0.717, 1.165) is 12.4 Å². The molecule has 10 heavy (non-hydrogen) atoms. The minimum Gasteiger partial charge on any atom is -0.241 e. The van der Waals surface area contributed by atoms with Crippen LogP contribution in [-0.4, -0.2) is 9.97 Å². The summed E-state index contributed by atoms with van der Waals surface area (Å²) in [6.07, 6.45) is -4.94. The molecule has 0 spiro atoms. The quantitative estimate of drug-likeness (QED) is 0.624. The first-order valence-corrected chi connectivity index (χ1v) is 2.86. The van der Waals surface area contributed by atoms with Crippen molar-refractivity contribution in [3.8, 4) is 0 Å². The predicted octanol–water partition coefficient (Wildman–Crippen LogP) is 2.08. The number of nitrogens with zero attached hydrogens (tertiary/aromatic N) is 2. The fourth-order valence-corrected chi connectivity index (χ4v) is 0.613. The molecular formula is C7H9ClN2. The van der Waals surface area contributed by atoms with Crippen LogP contribution in [0.5, 0.6) is 0 Å². The van der Waals surface area contributed by atoms with Gasteiger partial charge in [-0.05, 0) is 12.4 Å². The molecule has 0 radical (unpaired) electrons. The number of rotatable bonds is 2. The zero-order valence-corrected chi connectivity index (χ0v) is 5.68. The number of hydrogen-bond donors (Lipinski definition) is 0. The molecule has 0 aromatic carbocycles. The summed E-state index contributed by atoms with van der Waals surface area (Å²) in [5, 5.41) is -0.0831. The van der Waals surface area contributed by atoms with Gasteiger partial charge in [-0.2, -0.15) is 0 Å². The van der Waals surface area contributed by atoms with Gasteiger partial charge in [0.05, 0.1) is 0 Å². The van der Waals surface area contributed by atoms with E-state index in [2.05, 4.69) is 9.97 Å². The smallest absolute Gasteiger partial charge is 0.132 e. The summed E-state index contributed by atoms with van der Waals surface area (Å²) in [6, 6.07) is 1.01. The van der Waals surface area contributed by atoms with Crippen LogP contribution in [0.15, 0.2) is 12.4 Å². The van der Waals surface area contributed by atoms with E-state index in [1.165, 1.54) is 0 Å². The second kappa shape index (κ2) is 3.52. The van der Waals surface area contributed by atoms with Crippen molar-refractivity contribution in [2.75, 3.05) is 0 Å². The van der Waals surface area contributed by atoms with E-state index in [1.807, 2.05) is 0 Å². The molecule has 54 valence electrons. The summed E-state index contributed by atoms with van der Waals surface area (Å²) in [4.78, 5) is 7.05. The van der Waals surface area contributed by atoms with Crippen LogP contribution in [-0.2, 0) is 6.37 Å². The van der Waals surface area contributed by atoms with Crippen LogP contribution in [0.2, 0.25) is 5.15 Å². The fourth-order valence-electron chi connectivity index (χ4n) is 0.466. The van der Waals surface area contributed by atoms with Crippen LogP contribution in [0, 0.1) is 0 Å². The molecule has 0 aliphatic heterocycles. The molecule has 1 heterocycles. The van der Waals surface area contributed by atoms with Gasteiger partial charge in [0.1, 0.15) is 11.5 Å². The van der Waals surface area contributed by atoms with Gasteiger partial charge in [0.15, 0.2) is 0 Å². The summed E-state index contributed by atoms with van der Waals surface area (Å²) in [5.74, 6) is 0. The van der Waals surface area contributed by atoms with E-state index in [0.29, 0.717) is 0 Å². The number of hydrogen-bond acceptors (Lipinski definition) is 2. The number of halogens is 1. The summed E-state index contributed by atoms with van der Waals surface area (Å²) in [6.45, 7) is -3.12. The van der Waals surface area contributed by atoms with Gasteiger partial charge >= 0.3 is 0 Å². The maximum absolute atomic E-state index is 7.60. The van der Waals surface area contributed by atoms with Crippen molar-refractivity contribution in [2.45, 2.75) is 19.6 Å². The Bertz CT molecular complexity index is 417. The molecule has 1 aromatic rings. The second-order valence-corrected chi connectivity index (χ2v) is 1.86. The summed E-state index contributed by atoms with van der Waals surface area (Å²) in [5.41, 5.74) is -0.404. The molecule has 0 amide bonds. The SMILES string of the molecule is [2H]C([2H])([2H])C([2H])([2H])C([2H])([2H])c1cc(Cl)ncn1. The third-order valence-electron chi connectivity index (χ3n) is 0.824. The van der Waals surface area contributed by atoms with Gasteiger partial charge in [-0.1, -0.05) is 24.8 Å². The van der Waals surface area contributed by atoms with Gasteiger partial charge in [-0.3, -0.25) is 0 Å². The lowest BCUT2D eigenvalue weighted by molar-refractivity contribution is 0.872. The first kappa shape index (κ1) is 2.45. The van der Waals surface area contributed by atoms with Crippen molar-refractivity contribution < 1.29 is 9.60 Å². The van der Waals surface area contributed by atoms with Gasteiger partial charge < -0.3 is 0 Å². The van der Waals surface area contributed by atoms with E-state index in [1.54, 1.807) is 0 Å². The van der Waals surface area contributed by atoms with Crippen LogP contribution in [0.4, 0.5) is 0 Å². The van der Waals surface area contributed by atoms with Gasteiger partial charge in [0, 0.05) is 15.3 Å². The van der Waals surface area contributed by atoms with Crippen molar-refractivity contribution in [1.82, 2.24) is 9.97 Å². The molecule has 0 saturated carbocycles. The van der Waals surface area contributed by atoms with Crippen molar-refractivity contribution in [2.24, 2.45) is 0 Å². The summed E-state index contributed by atoms with van der Waals surface area (Å²) >= 11 is 5.53. The van der Waals surface area contributed by atoms with Gasteiger partial charge in [-0.25, -0.2) is 9.97 Å². The van der Waals surface area contributed by atoms with Crippen LogP contribution in [0.3, 0.4) is 0 Å². The molecule has 0 aliphatic rings. The largest absolute Gasteiger partial charge is 0.241 e. The van der Waals surface area contributed by atoms with Crippen LogP contribution in [0.1, 0.15) is 28.5 Å². The standard InChI is InChI=1S/C7H9ClN2/c1-2-3-6-4-7(8)10-5-9-6/h4-5H,2-3H2,1H3/i1D3,2D2,3D2. The van der Waals surface area contributed by atoms with E-state index < -0.39 is 25.3 Å². The lowest BCUT2D eigenvalue weighted by Gasteiger charge is -1.94. The highest BCUT2D eigenvalue weighted by atomic mass is 35.5. The van der Waals surface area contributed by atoms with Crippen LogP contribution < -0.4 is 0 Å². The maximum Gasteiger partial charge on any atom is 0.132 e. The van der Waals surface area contributed by atoms with Crippen LogP contribution in [0.25, 0.3) is 0 Å². The summed E-state index contributed by atoms with van der Waals surface area (Å²) < 4.78 is 51.1. The Labute approximate surface area is 75.1 Å². The molecule has 2 nitrogen and oxygen atoms in total. The highest BCUT2D eigenvalue weighted by Crippen LogP contribution is 2.05. The molecule has 0 saturated heterocycles. The zero-order valence-electron chi connectivity index (χ0n) is 11.9. The third kappa shape index (κ3) is 1.95. The minimum atomic E-state index is -3.12. The lowest BCUT2D eigenvalue weighted by Crippen LogP contribution is -1.89. The van der Waals surface area contributed by atoms with Crippen molar-refractivity contribution in [3.05, 3.63) is 23.2 Å². The zero-order chi connectivity index (χ0) is 13.5. The Morgan fingerprint density at radius 1 is 1.80 bits per heavy atom. The first-order valence-electron chi connectivity index (χ1n) is 5.98. The first-order chi connectivity index (χ1) is 7.50. The minimum absolute atomic E-state index is 0.0831. The predicted molar refractivity (Wildman–Crippen MR) is 41.0 cm³/mol. The normalized spacial score (nSPS) is 24.3. The Morgan fingerprint density at radius 2 is 2.70 bits per heavy atom. The molecular weight excluding hydrogens is 148 g/mol. The molecule has 0 N–H and O–H groups in total. The highest BCUT2D eigenvalue weighted by Gasteiger charge is 1.93. The molecule has 1 aromatic heterocycles. The molecule has 0 unspecified atom stereocenters. The monoisotopic (exact) mass is 163 g/mol. The van der Waals surface area contributed by atoms with Crippen molar-refractivity contribution >= 4 is 11.6 Å². The molecule has 0 atom stereocenters. The second-order valence-electron chi connectivity index (χ2n) is 1.48. The topological polar surface area (TPSA) is 25.8 Å². The summed E-state index contributed by atoms with van der Waals surface area (Å²) in [7, 11) is 0. The number of aromatic nitrogens is 2. The van der Waals surface area contributed by atoms with Gasteiger partial charge in [0.25, 0.3) is 0 Å². The Hall–Kier alpha value is -0.630. The fraction of sp³-hybridized carbons (Fsp3) is 0.429. The molecule has 0 bridgehead atoms. The Balaban J connectivity index is 3.28. The van der Waals surface area contributed by atoms with Gasteiger partial charge in [-0.15, -0.1) is 0 Å². The van der Waals surface area contributed by atoms with E-state index in [4.69, 9.17) is 21.2 Å². The van der Waals surface area contributed by atoms with E-state index in [9.17, 15) is 0 Å². The third-order valence-corrected chi connectivity index (χ3v) is 1.03. The van der Waals surface area contributed by atoms with Crippen molar-refractivity contribution in [1.29, 1.82) is 0 Å². The maximum atomic E-state index is 7.60. The van der Waals surface area contributed by atoms with E-state index >= 15 is 0 Å². The Kier molecular flexibility index (Phi) is 0.861. The average molecular weight is 164 g/mol. The van der Waals surface area contributed by atoms with Crippen LogP contribution >= 0.6 is 11.6 Å². The molecule has 0 aliphatic carbocycles. The molecule has 3 heteroatoms. The van der Waals surface area contributed by atoms with Gasteiger partial charge in [0.2, 0.25) is 0 Å².